The molecule has 0 radical (unpaired) electrons. The van der Waals surface area contributed by atoms with E-state index in [1.165, 1.54) is 17.4 Å². The molecule has 2 rings (SSSR count). The van der Waals surface area contributed by atoms with Gasteiger partial charge in [-0.2, -0.15) is 9.40 Å². The Labute approximate surface area is 123 Å². The van der Waals surface area contributed by atoms with Crippen molar-refractivity contribution >= 4 is 21.6 Å². The highest BCUT2D eigenvalue weighted by Gasteiger charge is 2.23. The number of nitrogens with zero attached hydrogens (tertiary/aromatic N) is 3. The topological polar surface area (TPSA) is 55.2 Å². The summed E-state index contributed by atoms with van der Waals surface area (Å²) in [7, 11) is -0.298. The van der Waals surface area contributed by atoms with Gasteiger partial charge in [-0.1, -0.05) is 17.7 Å². The number of aryl methyl sites for hydroxylation is 2. The van der Waals surface area contributed by atoms with E-state index in [2.05, 4.69) is 5.10 Å². The average molecular weight is 314 g/mol. The molecule has 5 nitrogen and oxygen atoms in total. The molecule has 0 unspecified atom stereocenters. The Morgan fingerprint density at radius 1 is 1.40 bits per heavy atom. The van der Waals surface area contributed by atoms with Crippen molar-refractivity contribution in [3.63, 3.8) is 0 Å². The zero-order valence-electron chi connectivity index (χ0n) is 11.5. The van der Waals surface area contributed by atoms with Gasteiger partial charge in [-0.25, -0.2) is 8.42 Å². The maximum Gasteiger partial charge on any atom is 0.244 e. The van der Waals surface area contributed by atoms with Crippen LogP contribution in [0.5, 0.6) is 0 Å². The number of sulfonamides is 1. The predicted molar refractivity (Wildman–Crippen MR) is 78.0 cm³/mol. The molecule has 0 bridgehead atoms. The van der Waals surface area contributed by atoms with Gasteiger partial charge in [-0.05, 0) is 24.6 Å². The summed E-state index contributed by atoms with van der Waals surface area (Å²) in [5.74, 6) is 0. The molecule has 0 atom stereocenters. The van der Waals surface area contributed by atoms with Crippen LogP contribution in [-0.4, -0.2) is 29.6 Å². The molecule has 108 valence electrons. The van der Waals surface area contributed by atoms with E-state index in [1.807, 2.05) is 6.92 Å². The van der Waals surface area contributed by atoms with Crippen LogP contribution in [0.2, 0.25) is 5.02 Å². The number of rotatable bonds is 4. The minimum absolute atomic E-state index is 0.121. The first-order valence-corrected chi connectivity index (χ1v) is 7.82. The van der Waals surface area contributed by atoms with E-state index in [0.717, 1.165) is 11.1 Å². The lowest BCUT2D eigenvalue weighted by Crippen LogP contribution is -2.26. The van der Waals surface area contributed by atoms with E-state index < -0.39 is 10.0 Å². The first-order chi connectivity index (χ1) is 9.30. The fourth-order valence-electron chi connectivity index (χ4n) is 1.88. The van der Waals surface area contributed by atoms with Crippen molar-refractivity contribution in [1.82, 2.24) is 14.1 Å². The van der Waals surface area contributed by atoms with Gasteiger partial charge in [-0.3, -0.25) is 4.68 Å². The summed E-state index contributed by atoms with van der Waals surface area (Å²) in [4.78, 5) is 0.121. The van der Waals surface area contributed by atoms with Crippen LogP contribution in [0.15, 0.2) is 35.5 Å². The smallest absolute Gasteiger partial charge is 0.244 e. The SMILES string of the molecule is Cc1ccc(S(=O)(=O)N(C)Cc2cnn(C)c2)c(Cl)c1. The van der Waals surface area contributed by atoms with Crippen molar-refractivity contribution in [2.45, 2.75) is 18.4 Å². The minimum Gasteiger partial charge on any atom is -0.275 e. The van der Waals surface area contributed by atoms with Crippen molar-refractivity contribution in [3.8, 4) is 0 Å². The second kappa shape index (κ2) is 5.55. The third-order valence-corrected chi connectivity index (χ3v) is 5.23. The summed E-state index contributed by atoms with van der Waals surface area (Å²) < 4.78 is 27.9. The third kappa shape index (κ3) is 3.03. The van der Waals surface area contributed by atoms with E-state index in [1.54, 1.807) is 36.3 Å². The highest BCUT2D eigenvalue weighted by Crippen LogP contribution is 2.25. The Kier molecular flexibility index (Phi) is 4.17. The summed E-state index contributed by atoms with van der Waals surface area (Å²) in [5.41, 5.74) is 1.74. The molecule has 0 amide bonds. The molecule has 0 saturated carbocycles. The molecular weight excluding hydrogens is 298 g/mol. The van der Waals surface area contributed by atoms with Crippen molar-refractivity contribution in [2.24, 2.45) is 7.05 Å². The molecule has 0 aliphatic heterocycles. The number of halogens is 1. The molecule has 0 N–H and O–H groups in total. The van der Waals surface area contributed by atoms with Gasteiger partial charge < -0.3 is 0 Å². The highest BCUT2D eigenvalue weighted by atomic mass is 35.5. The summed E-state index contributed by atoms with van der Waals surface area (Å²) in [5, 5.41) is 4.26. The normalized spacial score (nSPS) is 12.1. The molecule has 7 heteroatoms. The number of hydrogen-bond donors (Lipinski definition) is 0. The van der Waals surface area contributed by atoms with Gasteiger partial charge >= 0.3 is 0 Å². The van der Waals surface area contributed by atoms with Crippen LogP contribution in [0.25, 0.3) is 0 Å². The fourth-order valence-corrected chi connectivity index (χ4v) is 3.61. The van der Waals surface area contributed by atoms with Crippen LogP contribution in [-0.2, 0) is 23.6 Å². The lowest BCUT2D eigenvalue weighted by Gasteiger charge is -2.17. The van der Waals surface area contributed by atoms with E-state index in [-0.39, 0.29) is 16.5 Å². The molecule has 2 aromatic rings. The van der Waals surface area contributed by atoms with Crippen molar-refractivity contribution in [2.75, 3.05) is 7.05 Å². The number of hydrogen-bond acceptors (Lipinski definition) is 3. The fraction of sp³-hybridized carbons (Fsp3) is 0.308. The van der Waals surface area contributed by atoms with Crippen LogP contribution < -0.4 is 0 Å². The molecule has 0 aliphatic carbocycles. The second-order valence-electron chi connectivity index (χ2n) is 4.72. The maximum absolute atomic E-state index is 12.5. The van der Waals surface area contributed by atoms with Gasteiger partial charge in [0.25, 0.3) is 0 Å². The first-order valence-electron chi connectivity index (χ1n) is 6.01. The van der Waals surface area contributed by atoms with E-state index in [9.17, 15) is 8.42 Å². The number of aromatic nitrogens is 2. The van der Waals surface area contributed by atoms with Crippen LogP contribution in [0.3, 0.4) is 0 Å². The Hall–Kier alpha value is -1.37. The van der Waals surface area contributed by atoms with Gasteiger partial charge in [0, 0.05) is 32.4 Å². The summed E-state index contributed by atoms with van der Waals surface area (Å²) in [6, 6.07) is 4.91. The van der Waals surface area contributed by atoms with Crippen LogP contribution in [0, 0.1) is 6.92 Å². The summed E-state index contributed by atoms with van der Waals surface area (Å²) in [6.07, 6.45) is 3.42. The number of benzene rings is 1. The minimum atomic E-state index is -3.61. The standard InChI is InChI=1S/C13H16ClN3O2S/c1-10-4-5-13(12(14)6-10)20(18,19)17(3)9-11-7-15-16(2)8-11/h4-8H,9H2,1-3H3. The Bertz CT molecular complexity index is 725. The van der Waals surface area contributed by atoms with Gasteiger partial charge in [0.1, 0.15) is 4.90 Å². The van der Waals surface area contributed by atoms with E-state index in [0.29, 0.717) is 0 Å². The Balaban J connectivity index is 2.29. The zero-order chi connectivity index (χ0) is 14.9. The largest absolute Gasteiger partial charge is 0.275 e. The van der Waals surface area contributed by atoms with Crippen LogP contribution >= 0.6 is 11.6 Å². The molecule has 0 spiro atoms. The molecular formula is C13H16ClN3O2S. The van der Waals surface area contributed by atoms with E-state index in [4.69, 9.17) is 11.6 Å². The molecule has 1 aromatic carbocycles. The maximum atomic E-state index is 12.5. The Morgan fingerprint density at radius 3 is 2.65 bits per heavy atom. The molecule has 20 heavy (non-hydrogen) atoms. The quantitative estimate of drug-likeness (QED) is 0.869. The van der Waals surface area contributed by atoms with Crippen molar-refractivity contribution in [3.05, 3.63) is 46.7 Å². The van der Waals surface area contributed by atoms with Gasteiger partial charge in [0.15, 0.2) is 0 Å². The average Bonchev–Trinajstić information content (AvgIpc) is 2.74. The zero-order valence-corrected chi connectivity index (χ0v) is 13.1. The summed E-state index contributed by atoms with van der Waals surface area (Å²) >= 11 is 6.04. The van der Waals surface area contributed by atoms with Gasteiger partial charge in [-0.15, -0.1) is 0 Å². The third-order valence-electron chi connectivity index (χ3n) is 2.94. The van der Waals surface area contributed by atoms with Crippen molar-refractivity contribution < 1.29 is 8.42 Å². The second-order valence-corrected chi connectivity index (χ2v) is 7.14. The van der Waals surface area contributed by atoms with Gasteiger partial charge in [0.05, 0.1) is 11.2 Å². The van der Waals surface area contributed by atoms with Crippen LogP contribution in [0.1, 0.15) is 11.1 Å². The van der Waals surface area contributed by atoms with E-state index >= 15 is 0 Å². The lowest BCUT2D eigenvalue weighted by atomic mass is 10.2. The van der Waals surface area contributed by atoms with Gasteiger partial charge in [0.2, 0.25) is 10.0 Å². The van der Waals surface area contributed by atoms with Crippen molar-refractivity contribution in [1.29, 1.82) is 0 Å². The first kappa shape index (κ1) is 15.0. The molecule has 0 aliphatic rings. The summed E-state index contributed by atoms with van der Waals surface area (Å²) in [6.45, 7) is 2.11. The predicted octanol–water partition coefficient (Wildman–Crippen LogP) is 2.20. The van der Waals surface area contributed by atoms with Crippen LogP contribution in [0.4, 0.5) is 0 Å². The molecule has 1 aromatic heterocycles. The lowest BCUT2D eigenvalue weighted by molar-refractivity contribution is 0.466. The molecule has 0 fully saturated rings. The Morgan fingerprint density at radius 2 is 2.10 bits per heavy atom. The molecule has 1 heterocycles. The molecule has 0 saturated heterocycles. The highest BCUT2D eigenvalue weighted by molar-refractivity contribution is 7.89. The monoisotopic (exact) mass is 313 g/mol.